The van der Waals surface area contributed by atoms with Crippen molar-refractivity contribution in [3.63, 3.8) is 0 Å². The summed E-state index contributed by atoms with van der Waals surface area (Å²) in [5.41, 5.74) is 2.56. The van der Waals surface area contributed by atoms with Crippen LogP contribution in [-0.2, 0) is 11.3 Å². The van der Waals surface area contributed by atoms with Crippen LogP contribution in [0.1, 0.15) is 51.8 Å². The first kappa shape index (κ1) is 16.0. The van der Waals surface area contributed by atoms with Crippen molar-refractivity contribution in [3.8, 4) is 5.88 Å². The van der Waals surface area contributed by atoms with E-state index in [0.29, 0.717) is 36.7 Å². The van der Waals surface area contributed by atoms with Gasteiger partial charge in [0.05, 0.1) is 0 Å². The van der Waals surface area contributed by atoms with Crippen LogP contribution in [0, 0.1) is 5.92 Å². The molecule has 1 aliphatic carbocycles. The number of ether oxygens (including phenoxy) is 2. The summed E-state index contributed by atoms with van der Waals surface area (Å²) < 4.78 is 11.5. The molecule has 118 valence electrons. The number of nitrogens with two attached hydrogens (primary N) is 1. The van der Waals surface area contributed by atoms with Crippen molar-refractivity contribution in [2.75, 3.05) is 12.0 Å². The number of hydrogen-bond acceptors (Lipinski definition) is 6. The molecule has 0 amide bonds. The van der Waals surface area contributed by atoms with E-state index in [1.54, 1.807) is 6.07 Å². The SMILES string of the molecule is CCOCc1nc(NN)cc(OC2CCCCC2CC)n1. The zero-order valence-corrected chi connectivity index (χ0v) is 13.0. The number of nitrogen functional groups attached to an aromatic ring is 1. The second kappa shape index (κ2) is 8.14. The third-order valence-corrected chi connectivity index (χ3v) is 3.97. The second-order valence-electron chi connectivity index (χ2n) is 5.40. The van der Waals surface area contributed by atoms with Gasteiger partial charge in [-0.05, 0) is 38.5 Å². The Morgan fingerprint density at radius 3 is 2.81 bits per heavy atom. The fourth-order valence-corrected chi connectivity index (χ4v) is 2.82. The van der Waals surface area contributed by atoms with Crippen LogP contribution >= 0.6 is 0 Å². The van der Waals surface area contributed by atoms with Gasteiger partial charge in [-0.1, -0.05) is 13.3 Å². The maximum Gasteiger partial charge on any atom is 0.219 e. The molecule has 0 aliphatic heterocycles. The molecule has 0 bridgehead atoms. The standard InChI is InChI=1S/C15H26N4O2/c1-3-11-7-5-6-8-12(11)21-15-9-13(19-16)17-14(18-15)10-20-4-2/h9,11-12H,3-8,10,16H2,1-2H3,(H,17,18,19). The van der Waals surface area contributed by atoms with Crippen LogP contribution in [0.3, 0.4) is 0 Å². The van der Waals surface area contributed by atoms with Crippen LogP contribution in [0.5, 0.6) is 5.88 Å². The topological polar surface area (TPSA) is 82.3 Å². The minimum atomic E-state index is 0.240. The van der Waals surface area contributed by atoms with Crippen LogP contribution in [0.4, 0.5) is 5.82 Å². The molecule has 1 fully saturated rings. The summed E-state index contributed by atoms with van der Waals surface area (Å²) in [5.74, 6) is 7.80. The van der Waals surface area contributed by atoms with Crippen molar-refractivity contribution in [3.05, 3.63) is 11.9 Å². The molecule has 0 radical (unpaired) electrons. The molecule has 2 rings (SSSR count). The summed E-state index contributed by atoms with van der Waals surface area (Å²) in [6.45, 7) is 5.15. The largest absolute Gasteiger partial charge is 0.474 e. The first-order valence-electron chi connectivity index (χ1n) is 7.85. The highest BCUT2D eigenvalue weighted by atomic mass is 16.5. The lowest BCUT2D eigenvalue weighted by atomic mass is 9.85. The lowest BCUT2D eigenvalue weighted by Crippen LogP contribution is -2.30. The van der Waals surface area contributed by atoms with E-state index in [4.69, 9.17) is 15.3 Å². The minimum Gasteiger partial charge on any atom is -0.474 e. The first-order valence-corrected chi connectivity index (χ1v) is 7.85. The fraction of sp³-hybridized carbons (Fsp3) is 0.733. The molecular weight excluding hydrogens is 268 g/mol. The third kappa shape index (κ3) is 4.54. The predicted molar refractivity (Wildman–Crippen MR) is 81.8 cm³/mol. The molecular formula is C15H26N4O2. The Hall–Kier alpha value is -1.40. The third-order valence-electron chi connectivity index (χ3n) is 3.97. The van der Waals surface area contributed by atoms with E-state index < -0.39 is 0 Å². The van der Waals surface area contributed by atoms with Gasteiger partial charge in [0.2, 0.25) is 5.88 Å². The summed E-state index contributed by atoms with van der Waals surface area (Å²) in [6.07, 6.45) is 6.23. The van der Waals surface area contributed by atoms with Crippen molar-refractivity contribution in [1.29, 1.82) is 0 Å². The van der Waals surface area contributed by atoms with Crippen LogP contribution in [0.2, 0.25) is 0 Å². The number of aromatic nitrogens is 2. The molecule has 1 aromatic rings. The van der Waals surface area contributed by atoms with Gasteiger partial charge in [0.15, 0.2) is 5.82 Å². The Balaban J connectivity index is 2.10. The van der Waals surface area contributed by atoms with Crippen LogP contribution in [0.25, 0.3) is 0 Å². The summed E-state index contributed by atoms with van der Waals surface area (Å²) >= 11 is 0. The fourth-order valence-electron chi connectivity index (χ4n) is 2.82. The molecule has 2 unspecified atom stereocenters. The zero-order valence-electron chi connectivity index (χ0n) is 13.0. The van der Waals surface area contributed by atoms with Crippen molar-refractivity contribution in [1.82, 2.24) is 9.97 Å². The number of nitrogens with one attached hydrogen (secondary N) is 1. The number of rotatable bonds is 7. The summed E-state index contributed by atoms with van der Waals surface area (Å²) in [6, 6.07) is 1.75. The number of hydrogen-bond donors (Lipinski definition) is 2. The Morgan fingerprint density at radius 2 is 2.10 bits per heavy atom. The highest BCUT2D eigenvalue weighted by molar-refractivity contribution is 5.37. The van der Waals surface area contributed by atoms with E-state index in [1.807, 2.05) is 6.92 Å². The molecule has 0 spiro atoms. The van der Waals surface area contributed by atoms with E-state index in [0.717, 1.165) is 12.8 Å². The molecule has 1 saturated carbocycles. The smallest absolute Gasteiger partial charge is 0.219 e. The summed E-state index contributed by atoms with van der Waals surface area (Å²) in [5, 5.41) is 0. The highest BCUT2D eigenvalue weighted by Gasteiger charge is 2.25. The quantitative estimate of drug-likeness (QED) is 0.594. The molecule has 6 nitrogen and oxygen atoms in total. The molecule has 1 aliphatic rings. The number of anilines is 1. The normalized spacial score (nSPS) is 22.0. The van der Waals surface area contributed by atoms with Gasteiger partial charge < -0.3 is 14.9 Å². The monoisotopic (exact) mass is 294 g/mol. The van der Waals surface area contributed by atoms with Gasteiger partial charge in [0.1, 0.15) is 18.5 Å². The zero-order chi connectivity index (χ0) is 15.1. The Bertz CT molecular complexity index is 442. The van der Waals surface area contributed by atoms with E-state index in [1.165, 1.54) is 19.3 Å². The lowest BCUT2D eigenvalue weighted by molar-refractivity contribution is 0.0837. The Kier molecular flexibility index (Phi) is 6.20. The van der Waals surface area contributed by atoms with Crippen molar-refractivity contribution in [2.45, 2.75) is 58.7 Å². The van der Waals surface area contributed by atoms with Gasteiger partial charge in [-0.3, -0.25) is 0 Å². The average Bonchev–Trinajstić information content (AvgIpc) is 2.53. The molecule has 1 heterocycles. The predicted octanol–water partition coefficient (Wildman–Crippen LogP) is 2.65. The van der Waals surface area contributed by atoms with E-state index in [9.17, 15) is 0 Å². The van der Waals surface area contributed by atoms with Crippen LogP contribution < -0.4 is 16.0 Å². The van der Waals surface area contributed by atoms with Gasteiger partial charge >= 0.3 is 0 Å². The van der Waals surface area contributed by atoms with Gasteiger partial charge in [-0.25, -0.2) is 10.8 Å². The van der Waals surface area contributed by atoms with E-state index in [-0.39, 0.29) is 6.10 Å². The van der Waals surface area contributed by atoms with Gasteiger partial charge in [-0.2, -0.15) is 4.98 Å². The molecule has 2 atom stereocenters. The van der Waals surface area contributed by atoms with Gasteiger partial charge in [0.25, 0.3) is 0 Å². The van der Waals surface area contributed by atoms with Crippen molar-refractivity contribution in [2.24, 2.45) is 11.8 Å². The Labute approximate surface area is 126 Å². The van der Waals surface area contributed by atoms with Gasteiger partial charge in [-0.15, -0.1) is 0 Å². The summed E-state index contributed by atoms with van der Waals surface area (Å²) in [4.78, 5) is 8.70. The van der Waals surface area contributed by atoms with E-state index in [2.05, 4.69) is 22.3 Å². The Morgan fingerprint density at radius 1 is 1.29 bits per heavy atom. The number of nitrogens with zero attached hydrogens (tertiary/aromatic N) is 2. The first-order chi connectivity index (χ1) is 10.3. The maximum atomic E-state index is 6.12. The van der Waals surface area contributed by atoms with E-state index >= 15 is 0 Å². The molecule has 0 aromatic carbocycles. The highest BCUT2D eigenvalue weighted by Crippen LogP contribution is 2.30. The molecule has 6 heteroatoms. The van der Waals surface area contributed by atoms with Crippen molar-refractivity contribution >= 4 is 5.82 Å². The molecule has 21 heavy (non-hydrogen) atoms. The molecule has 1 aromatic heterocycles. The lowest BCUT2D eigenvalue weighted by Gasteiger charge is -2.30. The average molecular weight is 294 g/mol. The second-order valence-corrected chi connectivity index (χ2v) is 5.40. The molecule has 3 N–H and O–H groups in total. The van der Waals surface area contributed by atoms with Gasteiger partial charge in [0, 0.05) is 12.7 Å². The maximum absolute atomic E-state index is 6.12. The van der Waals surface area contributed by atoms with Crippen LogP contribution in [-0.4, -0.2) is 22.7 Å². The summed E-state index contributed by atoms with van der Waals surface area (Å²) in [7, 11) is 0. The van der Waals surface area contributed by atoms with Crippen LogP contribution in [0.15, 0.2) is 6.07 Å². The minimum absolute atomic E-state index is 0.240. The molecule has 0 saturated heterocycles. The van der Waals surface area contributed by atoms with Crippen molar-refractivity contribution < 1.29 is 9.47 Å². The number of hydrazine groups is 1.